The lowest BCUT2D eigenvalue weighted by molar-refractivity contribution is 0.543. The maximum absolute atomic E-state index is 5.47. The average Bonchev–Trinajstić information content (AvgIpc) is 2.34. The molecule has 2 aliphatic rings. The number of aromatic nitrogens is 2. The minimum atomic E-state index is 0.465. The van der Waals surface area contributed by atoms with Crippen molar-refractivity contribution in [1.29, 1.82) is 0 Å². The minimum absolute atomic E-state index is 0.465. The van der Waals surface area contributed by atoms with E-state index >= 15 is 0 Å². The first kappa shape index (κ1) is 5.22. The van der Waals surface area contributed by atoms with Crippen molar-refractivity contribution >= 4 is 5.82 Å². The van der Waals surface area contributed by atoms with E-state index in [1.807, 2.05) is 0 Å². The van der Waals surface area contributed by atoms with Gasteiger partial charge in [-0.1, -0.05) is 0 Å². The number of nitrogens with two attached hydrogens (primary N) is 1. The Bertz CT molecular complexity index is 317. The van der Waals surface area contributed by atoms with Crippen molar-refractivity contribution in [3.05, 3.63) is 18.8 Å². The molecule has 0 atom stereocenters. The number of fused-ring (bicyclic) bond motifs is 1. The molecule has 0 spiro atoms. The molecule has 0 saturated heterocycles. The molecule has 2 rings (SSSR count). The third-order valence-electron chi connectivity index (χ3n) is 1.31. The molecule has 0 aliphatic carbocycles. The Morgan fingerprint density at radius 2 is 2.30 bits per heavy atom. The second kappa shape index (κ2) is 1.70. The van der Waals surface area contributed by atoms with Crippen LogP contribution in [0.15, 0.2) is 23.2 Å². The van der Waals surface area contributed by atoms with Crippen LogP contribution in [0.25, 0.3) is 11.3 Å². The first-order chi connectivity index (χ1) is 4.88. The normalized spacial score (nSPS) is 10.4. The van der Waals surface area contributed by atoms with Crippen LogP contribution in [0.5, 0.6) is 0 Å². The number of hydrogen-bond acceptors (Lipinski definition) is 4. The van der Waals surface area contributed by atoms with E-state index in [4.69, 9.17) is 10.2 Å². The molecule has 2 N–H and O–H groups in total. The number of nitrogen functional groups attached to an aromatic ring is 1. The van der Waals surface area contributed by atoms with Crippen LogP contribution in [0.3, 0.4) is 0 Å². The van der Waals surface area contributed by atoms with E-state index in [9.17, 15) is 0 Å². The molecule has 4 nitrogen and oxygen atoms in total. The topological polar surface area (TPSA) is 64.9 Å². The molecule has 4 heteroatoms. The molecule has 10 heavy (non-hydrogen) atoms. The summed E-state index contributed by atoms with van der Waals surface area (Å²) in [5, 5.41) is 0. The number of nitrogens with zero attached hydrogens (tertiary/aromatic N) is 2. The molecule has 0 saturated carbocycles. The molecule has 2 heterocycles. The van der Waals surface area contributed by atoms with Gasteiger partial charge in [0.05, 0.1) is 11.8 Å². The van der Waals surface area contributed by atoms with Gasteiger partial charge in [0.15, 0.2) is 12.2 Å². The maximum atomic E-state index is 5.47. The van der Waals surface area contributed by atoms with Gasteiger partial charge >= 0.3 is 0 Å². The Morgan fingerprint density at radius 3 is 3.10 bits per heavy atom. The summed E-state index contributed by atoms with van der Waals surface area (Å²) in [4.78, 5) is 7.60. The summed E-state index contributed by atoms with van der Waals surface area (Å²) in [5.74, 6) is 1.14. The third kappa shape index (κ3) is 0.556. The summed E-state index contributed by atoms with van der Waals surface area (Å²) in [7, 11) is 0. The van der Waals surface area contributed by atoms with Crippen molar-refractivity contribution in [3.8, 4) is 11.3 Å². The van der Waals surface area contributed by atoms with Crippen LogP contribution in [-0.2, 0) is 0 Å². The first-order valence-corrected chi connectivity index (χ1v) is 2.80. The van der Waals surface area contributed by atoms with Gasteiger partial charge in [-0.15, -0.1) is 0 Å². The molecule has 0 fully saturated rings. The zero-order valence-electron chi connectivity index (χ0n) is 5.11. The van der Waals surface area contributed by atoms with Crippen molar-refractivity contribution in [3.63, 3.8) is 0 Å². The highest BCUT2D eigenvalue weighted by molar-refractivity contribution is 5.70. The van der Waals surface area contributed by atoms with E-state index in [1.54, 1.807) is 12.4 Å². The lowest BCUT2D eigenvalue weighted by Gasteiger charge is -1.92. The molecule has 0 aromatic heterocycles. The van der Waals surface area contributed by atoms with Crippen molar-refractivity contribution in [1.82, 2.24) is 9.97 Å². The molecule has 0 bridgehead atoms. The summed E-state index contributed by atoms with van der Waals surface area (Å²) in [6.45, 7) is 0. The number of rotatable bonds is 0. The standard InChI is InChI=1S/C6H5N3O/c7-6-4-1-8-3-10-5(4)2-9-6/h1-3H,(H2,7,9). The van der Waals surface area contributed by atoms with E-state index in [-0.39, 0.29) is 0 Å². The van der Waals surface area contributed by atoms with Crippen LogP contribution in [0, 0.1) is 0 Å². The number of anilines is 1. The molecule has 0 unspecified atom stereocenters. The van der Waals surface area contributed by atoms with E-state index < -0.39 is 0 Å². The highest BCUT2D eigenvalue weighted by Crippen LogP contribution is 2.24. The Balaban J connectivity index is 2.78. The van der Waals surface area contributed by atoms with Gasteiger partial charge in [0, 0.05) is 6.20 Å². The van der Waals surface area contributed by atoms with Crippen LogP contribution in [0.1, 0.15) is 0 Å². The van der Waals surface area contributed by atoms with Gasteiger partial charge in [-0.3, -0.25) is 0 Å². The summed E-state index contributed by atoms with van der Waals surface area (Å²) in [5.41, 5.74) is 6.23. The lowest BCUT2D eigenvalue weighted by Crippen LogP contribution is -1.85. The van der Waals surface area contributed by atoms with Gasteiger partial charge in [-0.05, 0) is 0 Å². The largest absolute Gasteiger partial charge is 0.443 e. The maximum Gasteiger partial charge on any atom is 0.181 e. The first-order valence-electron chi connectivity index (χ1n) is 2.80. The molecule has 0 amide bonds. The highest BCUT2D eigenvalue weighted by atomic mass is 16.3. The van der Waals surface area contributed by atoms with Crippen molar-refractivity contribution in [2.75, 3.05) is 5.73 Å². The minimum Gasteiger partial charge on any atom is -0.443 e. The molecule has 2 aliphatic heterocycles. The lowest BCUT2D eigenvalue weighted by atomic mass is 10.3. The fraction of sp³-hybridized carbons (Fsp3) is 0. The monoisotopic (exact) mass is 135 g/mol. The third-order valence-corrected chi connectivity index (χ3v) is 1.31. The van der Waals surface area contributed by atoms with E-state index in [0.29, 0.717) is 11.6 Å². The Labute approximate surface area is 57.0 Å². The fourth-order valence-corrected chi connectivity index (χ4v) is 0.809. The summed E-state index contributed by atoms with van der Waals surface area (Å²) in [6.07, 6.45) is 4.55. The Kier molecular flexibility index (Phi) is 0.887. The second-order valence-electron chi connectivity index (χ2n) is 1.92. The van der Waals surface area contributed by atoms with E-state index in [2.05, 4.69) is 9.97 Å². The smallest absolute Gasteiger partial charge is 0.181 e. The molecule has 50 valence electrons. The van der Waals surface area contributed by atoms with Gasteiger partial charge in [-0.25, -0.2) is 9.97 Å². The van der Waals surface area contributed by atoms with Gasteiger partial charge in [0.1, 0.15) is 5.82 Å². The van der Waals surface area contributed by atoms with Gasteiger partial charge < -0.3 is 10.2 Å². The SMILES string of the molecule is Nc1ncc2ocncc1-2. The van der Waals surface area contributed by atoms with Crippen molar-refractivity contribution in [2.45, 2.75) is 0 Å². The van der Waals surface area contributed by atoms with Crippen LogP contribution < -0.4 is 5.73 Å². The van der Waals surface area contributed by atoms with Crippen LogP contribution in [0.4, 0.5) is 5.82 Å². The fourth-order valence-electron chi connectivity index (χ4n) is 0.809. The summed E-state index contributed by atoms with van der Waals surface area (Å²) >= 11 is 0. The van der Waals surface area contributed by atoms with Crippen LogP contribution >= 0.6 is 0 Å². The quantitative estimate of drug-likeness (QED) is 0.579. The Morgan fingerprint density at radius 1 is 1.40 bits per heavy atom. The molecular weight excluding hydrogens is 130 g/mol. The Hall–Kier alpha value is -1.58. The molecule has 0 aromatic rings. The van der Waals surface area contributed by atoms with Crippen LogP contribution in [0.2, 0.25) is 0 Å². The molecule has 0 aromatic carbocycles. The summed E-state index contributed by atoms with van der Waals surface area (Å²) < 4.78 is 4.98. The zero-order valence-corrected chi connectivity index (χ0v) is 5.11. The predicted molar refractivity (Wildman–Crippen MR) is 35.3 cm³/mol. The highest BCUT2D eigenvalue weighted by Gasteiger charge is 2.08. The van der Waals surface area contributed by atoms with E-state index in [1.165, 1.54) is 6.39 Å². The van der Waals surface area contributed by atoms with Crippen molar-refractivity contribution < 1.29 is 4.42 Å². The van der Waals surface area contributed by atoms with Gasteiger partial charge in [0.2, 0.25) is 0 Å². The van der Waals surface area contributed by atoms with Gasteiger partial charge in [-0.2, -0.15) is 0 Å². The van der Waals surface area contributed by atoms with Crippen molar-refractivity contribution in [2.24, 2.45) is 0 Å². The molecule has 0 radical (unpaired) electrons. The summed E-state index contributed by atoms with van der Waals surface area (Å²) in [6, 6.07) is 0. The van der Waals surface area contributed by atoms with Gasteiger partial charge in [0.25, 0.3) is 0 Å². The number of hydrogen-bond donors (Lipinski definition) is 1. The van der Waals surface area contributed by atoms with E-state index in [0.717, 1.165) is 5.56 Å². The molecular formula is C6H5N3O. The average molecular weight is 135 g/mol. The predicted octanol–water partition coefficient (Wildman–Crippen LogP) is 0.757. The van der Waals surface area contributed by atoms with Crippen LogP contribution in [-0.4, -0.2) is 9.97 Å². The zero-order chi connectivity index (χ0) is 6.97. The second-order valence-corrected chi connectivity index (χ2v) is 1.92.